The molecule has 0 aromatic heterocycles. The first-order valence-electron chi connectivity index (χ1n) is 10.9. The Hall–Kier alpha value is -2.64. The van der Waals surface area contributed by atoms with E-state index >= 15 is 0 Å². The lowest BCUT2D eigenvalue weighted by Gasteiger charge is -2.37. The molecule has 1 aromatic rings. The molecule has 31 heavy (non-hydrogen) atoms. The Morgan fingerprint density at radius 2 is 1.74 bits per heavy atom. The minimum Gasteiger partial charge on any atom is -0.352 e. The quantitative estimate of drug-likeness (QED) is 0.643. The van der Waals surface area contributed by atoms with Gasteiger partial charge in [0.1, 0.15) is 11.9 Å². The molecule has 172 valence electrons. The highest BCUT2D eigenvalue weighted by Gasteiger charge is 2.35. The second-order valence-corrected chi connectivity index (χ2v) is 9.25. The second-order valence-electron chi connectivity index (χ2n) is 9.25. The number of piperidine rings is 1. The van der Waals surface area contributed by atoms with Crippen LogP contribution in [0.3, 0.4) is 0 Å². The van der Waals surface area contributed by atoms with Crippen LogP contribution in [0.2, 0.25) is 0 Å². The highest BCUT2D eigenvalue weighted by atomic mass is 19.1. The van der Waals surface area contributed by atoms with Crippen molar-refractivity contribution in [2.75, 3.05) is 13.1 Å². The molecule has 0 spiro atoms. The summed E-state index contributed by atoms with van der Waals surface area (Å²) in [6.45, 7) is 10.6. The lowest BCUT2D eigenvalue weighted by atomic mass is 9.88. The molecular formula is C23H35FN4O3. The molecule has 1 saturated heterocycles. The summed E-state index contributed by atoms with van der Waals surface area (Å²) in [4.78, 5) is 39.8. The number of hydrogen-bond acceptors (Lipinski definition) is 3. The molecule has 1 fully saturated rings. The van der Waals surface area contributed by atoms with Crippen molar-refractivity contribution in [1.29, 1.82) is 0 Å². The van der Waals surface area contributed by atoms with Crippen LogP contribution in [0, 0.1) is 11.7 Å². The SMILES string of the molecule is CC[C@H](C)NC(=O)[C@@H](NC(=O)c1ccccc1F)C1CCN(C(=O)NC(C)(C)C)CC1. The van der Waals surface area contributed by atoms with E-state index in [1.165, 1.54) is 18.2 Å². The van der Waals surface area contributed by atoms with Crippen LogP contribution >= 0.6 is 0 Å². The number of halogens is 1. The third-order valence-corrected chi connectivity index (χ3v) is 5.47. The number of rotatable bonds is 6. The number of nitrogens with one attached hydrogen (secondary N) is 3. The average molecular weight is 435 g/mol. The summed E-state index contributed by atoms with van der Waals surface area (Å²) >= 11 is 0. The molecule has 2 atom stereocenters. The minimum atomic E-state index is -0.797. The molecular weight excluding hydrogens is 399 g/mol. The molecule has 0 aliphatic carbocycles. The summed E-state index contributed by atoms with van der Waals surface area (Å²) in [6, 6.07) is 4.73. The zero-order valence-corrected chi connectivity index (χ0v) is 19.1. The van der Waals surface area contributed by atoms with Crippen molar-refractivity contribution in [3.8, 4) is 0 Å². The van der Waals surface area contributed by atoms with E-state index in [0.29, 0.717) is 25.9 Å². The van der Waals surface area contributed by atoms with E-state index in [9.17, 15) is 18.8 Å². The Bertz CT molecular complexity index is 785. The average Bonchev–Trinajstić information content (AvgIpc) is 2.70. The Kier molecular flexibility index (Phi) is 8.42. The smallest absolute Gasteiger partial charge is 0.317 e. The number of hydrogen-bond donors (Lipinski definition) is 3. The summed E-state index contributed by atoms with van der Waals surface area (Å²) in [5.41, 5.74) is -0.425. The fourth-order valence-corrected chi connectivity index (χ4v) is 3.53. The van der Waals surface area contributed by atoms with Gasteiger partial charge in [0.25, 0.3) is 5.91 Å². The van der Waals surface area contributed by atoms with Gasteiger partial charge in [0, 0.05) is 24.7 Å². The highest BCUT2D eigenvalue weighted by Crippen LogP contribution is 2.22. The number of benzene rings is 1. The molecule has 3 N–H and O–H groups in total. The van der Waals surface area contributed by atoms with Gasteiger partial charge in [-0.05, 0) is 65.0 Å². The van der Waals surface area contributed by atoms with Crippen molar-refractivity contribution in [1.82, 2.24) is 20.9 Å². The van der Waals surface area contributed by atoms with E-state index in [0.717, 1.165) is 6.42 Å². The van der Waals surface area contributed by atoms with Gasteiger partial charge in [0.2, 0.25) is 5.91 Å². The van der Waals surface area contributed by atoms with Crippen molar-refractivity contribution >= 4 is 17.8 Å². The maximum Gasteiger partial charge on any atom is 0.317 e. The van der Waals surface area contributed by atoms with Crippen LogP contribution in [-0.2, 0) is 4.79 Å². The maximum atomic E-state index is 14.1. The molecule has 0 bridgehead atoms. The maximum absolute atomic E-state index is 14.1. The van der Waals surface area contributed by atoms with E-state index in [1.807, 2.05) is 34.6 Å². The normalized spacial score (nSPS) is 16.9. The van der Waals surface area contributed by atoms with Crippen LogP contribution in [0.15, 0.2) is 24.3 Å². The topological polar surface area (TPSA) is 90.5 Å². The van der Waals surface area contributed by atoms with E-state index in [4.69, 9.17) is 0 Å². The van der Waals surface area contributed by atoms with E-state index in [2.05, 4.69) is 16.0 Å². The van der Waals surface area contributed by atoms with Crippen molar-refractivity contribution in [3.63, 3.8) is 0 Å². The monoisotopic (exact) mass is 434 g/mol. The minimum absolute atomic E-state index is 0.0435. The predicted molar refractivity (Wildman–Crippen MR) is 118 cm³/mol. The fraction of sp³-hybridized carbons (Fsp3) is 0.609. The standard InChI is InChI=1S/C23H35FN4O3/c1-6-15(2)25-21(30)19(26-20(29)17-9-7-8-10-18(17)24)16-11-13-28(14-12-16)22(31)27-23(3,4)5/h7-10,15-16,19H,6,11-14H2,1-5H3,(H,25,30)(H,26,29)(H,27,31)/t15-,19-/m0/s1. The molecule has 2 rings (SSSR count). The van der Waals surface area contributed by atoms with E-state index in [1.54, 1.807) is 11.0 Å². The van der Waals surface area contributed by atoms with Gasteiger partial charge in [-0.15, -0.1) is 0 Å². The lowest BCUT2D eigenvalue weighted by molar-refractivity contribution is -0.125. The highest BCUT2D eigenvalue weighted by molar-refractivity contribution is 5.97. The second kappa shape index (κ2) is 10.6. The van der Waals surface area contributed by atoms with Gasteiger partial charge in [-0.1, -0.05) is 19.1 Å². The summed E-state index contributed by atoms with van der Waals surface area (Å²) in [6.07, 6.45) is 1.88. The molecule has 0 unspecified atom stereocenters. The number of nitrogens with zero attached hydrogens (tertiary/aromatic N) is 1. The number of urea groups is 1. The van der Waals surface area contributed by atoms with Crippen LogP contribution in [0.25, 0.3) is 0 Å². The summed E-state index contributed by atoms with van der Waals surface area (Å²) in [5.74, 6) is -1.68. The van der Waals surface area contributed by atoms with E-state index < -0.39 is 17.8 Å². The molecule has 4 amide bonds. The molecule has 1 heterocycles. The molecule has 7 nitrogen and oxygen atoms in total. The molecule has 1 aliphatic heterocycles. The Labute approximate surface area is 184 Å². The zero-order valence-electron chi connectivity index (χ0n) is 19.1. The van der Waals surface area contributed by atoms with Crippen LogP contribution in [-0.4, -0.2) is 53.5 Å². The van der Waals surface area contributed by atoms with E-state index in [-0.39, 0.29) is 35.0 Å². The number of carbonyl (C=O) groups excluding carboxylic acids is 3. The summed E-state index contributed by atoms with van der Waals surface area (Å²) in [7, 11) is 0. The Morgan fingerprint density at radius 1 is 1.13 bits per heavy atom. The van der Waals surface area contributed by atoms with Crippen molar-refractivity contribution in [3.05, 3.63) is 35.6 Å². The number of amides is 4. The number of likely N-dealkylation sites (tertiary alicyclic amines) is 1. The Balaban J connectivity index is 2.11. The van der Waals surface area contributed by atoms with Crippen LogP contribution in [0.1, 0.15) is 64.2 Å². The van der Waals surface area contributed by atoms with Gasteiger partial charge in [0.05, 0.1) is 5.56 Å². The van der Waals surface area contributed by atoms with Gasteiger partial charge in [-0.3, -0.25) is 9.59 Å². The third-order valence-electron chi connectivity index (χ3n) is 5.47. The predicted octanol–water partition coefficient (Wildman–Crippen LogP) is 3.06. The third kappa shape index (κ3) is 7.22. The zero-order chi connectivity index (χ0) is 23.2. The van der Waals surface area contributed by atoms with Gasteiger partial charge >= 0.3 is 6.03 Å². The van der Waals surface area contributed by atoms with Gasteiger partial charge in [-0.2, -0.15) is 0 Å². The lowest BCUT2D eigenvalue weighted by Crippen LogP contribution is -2.56. The summed E-state index contributed by atoms with van der Waals surface area (Å²) < 4.78 is 14.1. The van der Waals surface area contributed by atoms with Crippen molar-refractivity contribution in [2.24, 2.45) is 5.92 Å². The van der Waals surface area contributed by atoms with Crippen molar-refractivity contribution < 1.29 is 18.8 Å². The first kappa shape index (κ1) is 24.6. The molecule has 8 heteroatoms. The molecule has 1 aliphatic rings. The van der Waals surface area contributed by atoms with Crippen LogP contribution < -0.4 is 16.0 Å². The molecule has 0 radical (unpaired) electrons. The summed E-state index contributed by atoms with van der Waals surface area (Å²) in [5, 5.41) is 8.61. The van der Waals surface area contributed by atoms with Crippen LogP contribution in [0.4, 0.5) is 9.18 Å². The van der Waals surface area contributed by atoms with Crippen LogP contribution in [0.5, 0.6) is 0 Å². The molecule has 1 aromatic carbocycles. The first-order valence-corrected chi connectivity index (χ1v) is 10.9. The fourth-order valence-electron chi connectivity index (χ4n) is 3.53. The largest absolute Gasteiger partial charge is 0.352 e. The first-order chi connectivity index (χ1) is 14.5. The van der Waals surface area contributed by atoms with Gasteiger partial charge < -0.3 is 20.9 Å². The number of carbonyl (C=O) groups is 3. The van der Waals surface area contributed by atoms with Gasteiger partial charge in [-0.25, -0.2) is 9.18 Å². The molecule has 0 saturated carbocycles. The van der Waals surface area contributed by atoms with Gasteiger partial charge in [0.15, 0.2) is 0 Å². The Morgan fingerprint density at radius 3 is 2.29 bits per heavy atom. The van der Waals surface area contributed by atoms with Crippen molar-refractivity contribution in [2.45, 2.75) is 71.5 Å².